The van der Waals surface area contributed by atoms with Gasteiger partial charge in [-0.15, -0.1) is 0 Å². The summed E-state index contributed by atoms with van der Waals surface area (Å²) in [4.78, 5) is 2.60. The average molecular weight is 317 g/mol. The first-order chi connectivity index (χ1) is 10.0. The number of sulfonamides is 1. The van der Waals surface area contributed by atoms with Gasteiger partial charge >= 0.3 is 0 Å². The molecule has 2 atom stereocenters. The third-order valence-corrected chi connectivity index (χ3v) is 6.01. The average Bonchev–Trinajstić information content (AvgIpc) is 2.47. The molecule has 124 valence electrons. The molecule has 21 heavy (non-hydrogen) atoms. The van der Waals surface area contributed by atoms with Crippen LogP contribution in [0.5, 0.6) is 0 Å². The number of piperidine rings is 2. The first kappa shape index (κ1) is 17.2. The van der Waals surface area contributed by atoms with E-state index in [1.54, 1.807) is 4.31 Å². The fourth-order valence-electron chi connectivity index (χ4n) is 3.66. The van der Waals surface area contributed by atoms with Gasteiger partial charge in [0.25, 0.3) is 0 Å². The van der Waals surface area contributed by atoms with Gasteiger partial charge < -0.3 is 5.32 Å². The summed E-state index contributed by atoms with van der Waals surface area (Å²) >= 11 is 0. The summed E-state index contributed by atoms with van der Waals surface area (Å²) in [6.07, 6.45) is 7.19. The van der Waals surface area contributed by atoms with Gasteiger partial charge in [-0.1, -0.05) is 6.92 Å². The summed E-state index contributed by atoms with van der Waals surface area (Å²) in [5.74, 6) is 0.488. The Morgan fingerprint density at radius 1 is 1.29 bits per heavy atom. The van der Waals surface area contributed by atoms with Crippen molar-refractivity contribution in [2.45, 2.75) is 45.1 Å². The Kier molecular flexibility index (Phi) is 6.47. The Hall–Kier alpha value is -0.170. The van der Waals surface area contributed by atoms with Crippen LogP contribution in [0.2, 0.25) is 0 Å². The van der Waals surface area contributed by atoms with Gasteiger partial charge in [-0.05, 0) is 51.1 Å². The van der Waals surface area contributed by atoms with Crippen LogP contribution >= 0.6 is 0 Å². The Bertz CT molecular complexity index is 407. The molecule has 0 aromatic heterocycles. The monoisotopic (exact) mass is 317 g/mol. The molecule has 5 nitrogen and oxygen atoms in total. The molecule has 2 aliphatic rings. The third kappa shape index (κ3) is 5.20. The lowest BCUT2D eigenvalue weighted by Crippen LogP contribution is -2.50. The molecule has 2 fully saturated rings. The number of nitrogens with one attached hydrogen (secondary N) is 1. The van der Waals surface area contributed by atoms with Crippen molar-refractivity contribution in [3.63, 3.8) is 0 Å². The lowest BCUT2D eigenvalue weighted by Gasteiger charge is -2.39. The normalized spacial score (nSPS) is 28.9. The van der Waals surface area contributed by atoms with E-state index >= 15 is 0 Å². The summed E-state index contributed by atoms with van der Waals surface area (Å²) < 4.78 is 25.2. The maximum atomic E-state index is 11.7. The third-order valence-electron chi connectivity index (χ3n) is 4.74. The lowest BCUT2D eigenvalue weighted by atomic mass is 9.97. The highest BCUT2D eigenvalue weighted by Crippen LogP contribution is 2.22. The highest BCUT2D eigenvalue weighted by Gasteiger charge is 2.29. The number of nitrogens with zero attached hydrogens (tertiary/aromatic N) is 2. The van der Waals surface area contributed by atoms with Crippen molar-refractivity contribution >= 4 is 10.0 Å². The molecule has 0 aromatic carbocycles. The number of hydrogen-bond acceptors (Lipinski definition) is 4. The van der Waals surface area contributed by atoms with Crippen molar-refractivity contribution in [3.05, 3.63) is 0 Å². The molecule has 2 aliphatic heterocycles. The summed E-state index contributed by atoms with van der Waals surface area (Å²) in [6.45, 7) is 8.04. The molecule has 0 saturated carbocycles. The van der Waals surface area contributed by atoms with Gasteiger partial charge in [0.1, 0.15) is 0 Å². The smallest absolute Gasteiger partial charge is 0.211 e. The molecule has 2 unspecified atom stereocenters. The van der Waals surface area contributed by atoms with E-state index < -0.39 is 10.0 Å². The predicted octanol–water partition coefficient (Wildman–Crippen LogP) is 1.12. The Morgan fingerprint density at radius 3 is 2.71 bits per heavy atom. The van der Waals surface area contributed by atoms with Gasteiger partial charge in [0.05, 0.1) is 6.26 Å². The lowest BCUT2D eigenvalue weighted by molar-refractivity contribution is 0.120. The molecule has 0 aromatic rings. The fraction of sp³-hybridized carbons (Fsp3) is 1.00. The minimum absolute atomic E-state index is 0.488. The van der Waals surface area contributed by atoms with Crippen molar-refractivity contribution in [1.82, 2.24) is 14.5 Å². The van der Waals surface area contributed by atoms with E-state index in [-0.39, 0.29) is 0 Å². The van der Waals surface area contributed by atoms with Crippen molar-refractivity contribution in [3.8, 4) is 0 Å². The molecule has 2 saturated heterocycles. The van der Waals surface area contributed by atoms with Crippen molar-refractivity contribution in [2.75, 3.05) is 45.5 Å². The Morgan fingerprint density at radius 2 is 2.10 bits per heavy atom. The van der Waals surface area contributed by atoms with Crippen molar-refractivity contribution < 1.29 is 8.42 Å². The molecule has 0 spiro atoms. The summed E-state index contributed by atoms with van der Waals surface area (Å²) in [5, 5.41) is 3.50. The second-order valence-electron chi connectivity index (χ2n) is 6.62. The first-order valence-corrected chi connectivity index (χ1v) is 10.3. The molecule has 6 heteroatoms. The zero-order valence-electron chi connectivity index (χ0n) is 13.6. The van der Waals surface area contributed by atoms with Crippen LogP contribution in [0.3, 0.4) is 0 Å². The van der Waals surface area contributed by atoms with Crippen LogP contribution in [-0.4, -0.2) is 69.2 Å². The van der Waals surface area contributed by atoms with Gasteiger partial charge in [0.15, 0.2) is 0 Å². The van der Waals surface area contributed by atoms with Crippen LogP contribution in [0.4, 0.5) is 0 Å². The van der Waals surface area contributed by atoms with Gasteiger partial charge in [0, 0.05) is 32.2 Å². The number of hydrogen-bond donors (Lipinski definition) is 1. The second-order valence-corrected chi connectivity index (χ2v) is 8.61. The van der Waals surface area contributed by atoms with Gasteiger partial charge in [-0.2, -0.15) is 0 Å². The largest absolute Gasteiger partial charge is 0.315 e. The summed E-state index contributed by atoms with van der Waals surface area (Å²) in [6, 6.07) is 0.632. The highest BCUT2D eigenvalue weighted by molar-refractivity contribution is 7.88. The SMILES string of the molecule is CCCN(CC1CCCN(S(C)(=O)=O)C1)C1CCCNC1. The van der Waals surface area contributed by atoms with E-state index in [0.29, 0.717) is 25.0 Å². The maximum Gasteiger partial charge on any atom is 0.211 e. The molecule has 2 rings (SSSR count). The summed E-state index contributed by atoms with van der Waals surface area (Å²) in [7, 11) is -3.03. The van der Waals surface area contributed by atoms with Crippen LogP contribution in [0.1, 0.15) is 39.0 Å². The minimum Gasteiger partial charge on any atom is -0.315 e. The summed E-state index contributed by atoms with van der Waals surface area (Å²) in [5.41, 5.74) is 0. The van der Waals surface area contributed by atoms with E-state index in [0.717, 1.165) is 39.0 Å². The topological polar surface area (TPSA) is 52.7 Å². The standard InChI is InChI=1S/C15H31N3O2S/c1-3-9-17(15-7-4-8-16-11-15)12-14-6-5-10-18(13-14)21(2,19)20/h14-16H,3-13H2,1-2H3. The van der Waals surface area contributed by atoms with Crippen LogP contribution in [0.25, 0.3) is 0 Å². The predicted molar refractivity (Wildman–Crippen MR) is 86.9 cm³/mol. The minimum atomic E-state index is -3.03. The zero-order chi connectivity index (χ0) is 15.3. The van der Waals surface area contributed by atoms with E-state index in [9.17, 15) is 8.42 Å². The second kappa shape index (κ2) is 7.90. The Balaban J connectivity index is 1.92. The molecule has 0 radical (unpaired) electrons. The quantitative estimate of drug-likeness (QED) is 0.798. The van der Waals surface area contributed by atoms with Crippen molar-refractivity contribution in [1.29, 1.82) is 0 Å². The van der Waals surface area contributed by atoms with Crippen LogP contribution in [0.15, 0.2) is 0 Å². The van der Waals surface area contributed by atoms with E-state index in [1.165, 1.54) is 25.5 Å². The highest BCUT2D eigenvalue weighted by atomic mass is 32.2. The van der Waals surface area contributed by atoms with Crippen LogP contribution < -0.4 is 5.32 Å². The Labute approximate surface area is 130 Å². The van der Waals surface area contributed by atoms with E-state index in [4.69, 9.17) is 0 Å². The molecule has 0 amide bonds. The van der Waals surface area contributed by atoms with Crippen LogP contribution in [-0.2, 0) is 10.0 Å². The molecule has 0 bridgehead atoms. The first-order valence-electron chi connectivity index (χ1n) is 8.40. The van der Waals surface area contributed by atoms with E-state index in [1.807, 2.05) is 0 Å². The molecule has 1 N–H and O–H groups in total. The van der Waals surface area contributed by atoms with Gasteiger partial charge in [-0.25, -0.2) is 12.7 Å². The van der Waals surface area contributed by atoms with Gasteiger partial charge in [0.2, 0.25) is 10.0 Å². The van der Waals surface area contributed by atoms with Crippen molar-refractivity contribution in [2.24, 2.45) is 5.92 Å². The molecular formula is C15H31N3O2S. The van der Waals surface area contributed by atoms with Gasteiger partial charge in [-0.3, -0.25) is 4.90 Å². The molecular weight excluding hydrogens is 286 g/mol. The maximum absolute atomic E-state index is 11.7. The van der Waals surface area contributed by atoms with E-state index in [2.05, 4.69) is 17.1 Å². The van der Waals surface area contributed by atoms with Crippen LogP contribution in [0, 0.1) is 5.92 Å². The fourth-order valence-corrected chi connectivity index (χ4v) is 4.61. The number of rotatable bonds is 6. The zero-order valence-corrected chi connectivity index (χ0v) is 14.4. The molecule has 2 heterocycles. The molecule has 0 aliphatic carbocycles.